The number of hydroxylamine groups is 2. The van der Waals surface area contributed by atoms with Crippen LogP contribution in [0, 0.1) is 0 Å². The zero-order valence-electron chi connectivity index (χ0n) is 13.0. The summed E-state index contributed by atoms with van der Waals surface area (Å²) >= 11 is 11.7. The van der Waals surface area contributed by atoms with Crippen molar-refractivity contribution in [1.82, 2.24) is 10.4 Å². The standard InChI is InChI=1S/C16H16Cl2F2N2O3/c17-12-4-2-11(13(18)10-12)3-7-16(24)22(25)9-1-8-21-15(23)6-5-14(19)20/h2-7,10,14,25H,1,8-9H2,(H,21,23)/b6-5+,7-3+. The van der Waals surface area contributed by atoms with Gasteiger partial charge in [0.1, 0.15) is 0 Å². The van der Waals surface area contributed by atoms with Gasteiger partial charge in [0.25, 0.3) is 12.3 Å². The monoisotopic (exact) mass is 392 g/mol. The molecule has 0 aromatic heterocycles. The average molecular weight is 393 g/mol. The molecule has 2 N–H and O–H groups in total. The normalized spacial score (nSPS) is 11.4. The molecular weight excluding hydrogens is 377 g/mol. The number of rotatable bonds is 8. The highest BCUT2D eigenvalue weighted by Crippen LogP contribution is 2.21. The molecule has 0 saturated carbocycles. The van der Waals surface area contributed by atoms with Crippen molar-refractivity contribution >= 4 is 41.1 Å². The van der Waals surface area contributed by atoms with Gasteiger partial charge in [0.15, 0.2) is 0 Å². The van der Waals surface area contributed by atoms with E-state index in [9.17, 15) is 23.6 Å². The van der Waals surface area contributed by atoms with Gasteiger partial charge in [-0.25, -0.2) is 13.8 Å². The number of nitrogens with one attached hydrogen (secondary N) is 1. The Kier molecular flexibility index (Phi) is 9.12. The summed E-state index contributed by atoms with van der Waals surface area (Å²) < 4.78 is 23.7. The number of carbonyl (C=O) groups is 2. The summed E-state index contributed by atoms with van der Waals surface area (Å²) in [6.07, 6.45) is 1.30. The third kappa shape index (κ3) is 8.62. The van der Waals surface area contributed by atoms with E-state index in [1.165, 1.54) is 12.1 Å². The van der Waals surface area contributed by atoms with Crippen LogP contribution in [0.2, 0.25) is 10.0 Å². The molecule has 136 valence electrons. The molecule has 9 heteroatoms. The van der Waals surface area contributed by atoms with Gasteiger partial charge >= 0.3 is 0 Å². The number of allylic oxidation sites excluding steroid dienone is 1. The van der Waals surface area contributed by atoms with Crippen molar-refractivity contribution in [2.24, 2.45) is 0 Å². The molecular formula is C16H16Cl2F2N2O3. The summed E-state index contributed by atoms with van der Waals surface area (Å²) in [4.78, 5) is 22.9. The zero-order valence-corrected chi connectivity index (χ0v) is 14.5. The van der Waals surface area contributed by atoms with Crippen LogP contribution >= 0.6 is 23.2 Å². The van der Waals surface area contributed by atoms with Crippen LogP contribution in [-0.4, -0.2) is 41.6 Å². The lowest BCUT2D eigenvalue weighted by molar-refractivity contribution is -0.159. The number of carbonyl (C=O) groups excluding carboxylic acids is 2. The first-order valence-electron chi connectivity index (χ1n) is 7.17. The number of benzene rings is 1. The van der Waals surface area contributed by atoms with E-state index in [-0.39, 0.29) is 19.5 Å². The minimum Gasteiger partial charge on any atom is -0.352 e. The highest BCUT2D eigenvalue weighted by atomic mass is 35.5. The summed E-state index contributed by atoms with van der Waals surface area (Å²) in [5.74, 6) is -1.34. The summed E-state index contributed by atoms with van der Waals surface area (Å²) in [5, 5.41) is 13.2. The third-order valence-electron chi connectivity index (χ3n) is 2.86. The van der Waals surface area contributed by atoms with Crippen molar-refractivity contribution in [2.45, 2.75) is 12.8 Å². The van der Waals surface area contributed by atoms with Crippen LogP contribution in [0.5, 0.6) is 0 Å². The molecule has 0 bridgehead atoms. The Bertz CT molecular complexity index is 667. The predicted octanol–water partition coefficient (Wildman–Crippen LogP) is 3.55. The van der Waals surface area contributed by atoms with E-state index < -0.39 is 18.2 Å². The van der Waals surface area contributed by atoms with E-state index in [2.05, 4.69) is 5.32 Å². The highest BCUT2D eigenvalue weighted by molar-refractivity contribution is 6.35. The van der Waals surface area contributed by atoms with Gasteiger partial charge in [-0.2, -0.15) is 0 Å². The second-order valence-electron chi connectivity index (χ2n) is 4.80. The molecule has 1 rings (SSSR count). The van der Waals surface area contributed by atoms with Crippen molar-refractivity contribution < 1.29 is 23.6 Å². The van der Waals surface area contributed by atoms with Gasteiger partial charge in [0.05, 0.1) is 6.54 Å². The van der Waals surface area contributed by atoms with Crippen LogP contribution in [0.25, 0.3) is 6.08 Å². The maximum atomic E-state index is 11.9. The van der Waals surface area contributed by atoms with Gasteiger partial charge in [0.2, 0.25) is 5.91 Å². The van der Waals surface area contributed by atoms with E-state index in [1.54, 1.807) is 12.1 Å². The van der Waals surface area contributed by atoms with Crippen LogP contribution in [-0.2, 0) is 9.59 Å². The maximum absolute atomic E-state index is 11.9. The zero-order chi connectivity index (χ0) is 18.8. The minimum atomic E-state index is -2.70. The number of halogens is 4. The molecule has 0 heterocycles. The second-order valence-corrected chi connectivity index (χ2v) is 5.64. The highest BCUT2D eigenvalue weighted by Gasteiger charge is 2.07. The number of alkyl halides is 2. The van der Waals surface area contributed by atoms with Crippen molar-refractivity contribution in [3.05, 3.63) is 52.0 Å². The fraction of sp³-hybridized carbons (Fsp3) is 0.250. The molecule has 0 spiro atoms. The lowest BCUT2D eigenvalue weighted by Crippen LogP contribution is -2.30. The number of amides is 2. The molecule has 0 aliphatic heterocycles. The topological polar surface area (TPSA) is 69.6 Å². The Labute approximate surface area is 153 Å². The SMILES string of the molecule is O=C(/C=C/C(F)F)NCCCN(O)C(=O)/C=C/c1ccc(Cl)cc1Cl. The molecule has 0 atom stereocenters. The van der Waals surface area contributed by atoms with Gasteiger partial charge in [0, 0.05) is 28.7 Å². The lowest BCUT2D eigenvalue weighted by Gasteiger charge is -2.12. The molecule has 0 aliphatic rings. The van der Waals surface area contributed by atoms with Crippen molar-refractivity contribution in [3.63, 3.8) is 0 Å². The molecule has 0 saturated heterocycles. The van der Waals surface area contributed by atoms with Crippen LogP contribution in [0.3, 0.4) is 0 Å². The van der Waals surface area contributed by atoms with Gasteiger partial charge in [-0.15, -0.1) is 0 Å². The van der Waals surface area contributed by atoms with Gasteiger partial charge < -0.3 is 5.32 Å². The predicted molar refractivity (Wildman–Crippen MR) is 91.8 cm³/mol. The average Bonchev–Trinajstić information content (AvgIpc) is 2.55. The summed E-state index contributed by atoms with van der Waals surface area (Å²) in [6, 6.07) is 4.76. The van der Waals surface area contributed by atoms with Crippen molar-refractivity contribution in [3.8, 4) is 0 Å². The Balaban J connectivity index is 2.37. The molecule has 5 nitrogen and oxygen atoms in total. The maximum Gasteiger partial charge on any atom is 0.269 e. The van der Waals surface area contributed by atoms with E-state index in [4.69, 9.17) is 23.2 Å². The molecule has 25 heavy (non-hydrogen) atoms. The Morgan fingerprint density at radius 3 is 2.64 bits per heavy atom. The number of hydrogen-bond donors (Lipinski definition) is 2. The fourth-order valence-corrected chi connectivity index (χ4v) is 2.12. The number of hydrogen-bond acceptors (Lipinski definition) is 3. The van der Waals surface area contributed by atoms with E-state index in [0.29, 0.717) is 26.7 Å². The van der Waals surface area contributed by atoms with Crippen LogP contribution in [0.1, 0.15) is 12.0 Å². The molecule has 0 unspecified atom stereocenters. The van der Waals surface area contributed by atoms with Crippen LogP contribution in [0.4, 0.5) is 8.78 Å². The van der Waals surface area contributed by atoms with Crippen molar-refractivity contribution in [1.29, 1.82) is 0 Å². The molecule has 0 radical (unpaired) electrons. The molecule has 0 fully saturated rings. The Morgan fingerprint density at radius 2 is 2.00 bits per heavy atom. The fourth-order valence-electron chi connectivity index (χ4n) is 1.65. The first-order chi connectivity index (χ1) is 11.8. The van der Waals surface area contributed by atoms with E-state index >= 15 is 0 Å². The third-order valence-corrected chi connectivity index (χ3v) is 3.42. The summed E-state index contributed by atoms with van der Waals surface area (Å²) in [5.41, 5.74) is 0.561. The van der Waals surface area contributed by atoms with Crippen LogP contribution in [0.15, 0.2) is 36.4 Å². The summed E-state index contributed by atoms with van der Waals surface area (Å²) in [6.45, 7) is 0.0693. The van der Waals surface area contributed by atoms with Crippen molar-refractivity contribution in [2.75, 3.05) is 13.1 Å². The molecule has 1 aromatic rings. The molecule has 1 aromatic carbocycles. The smallest absolute Gasteiger partial charge is 0.269 e. The minimum absolute atomic E-state index is 0.0453. The van der Waals surface area contributed by atoms with Gasteiger partial charge in [-0.3, -0.25) is 14.8 Å². The first kappa shape index (κ1) is 21.1. The quantitative estimate of drug-likeness (QED) is 0.307. The second kappa shape index (κ2) is 10.8. The number of nitrogens with zero attached hydrogens (tertiary/aromatic N) is 1. The van der Waals surface area contributed by atoms with Gasteiger partial charge in [-0.05, 0) is 36.3 Å². The first-order valence-corrected chi connectivity index (χ1v) is 7.93. The largest absolute Gasteiger partial charge is 0.352 e. The van der Waals surface area contributed by atoms with Crippen LogP contribution < -0.4 is 5.32 Å². The summed E-state index contributed by atoms with van der Waals surface area (Å²) in [7, 11) is 0. The molecule has 0 aliphatic carbocycles. The van der Waals surface area contributed by atoms with E-state index in [1.807, 2.05) is 0 Å². The molecule has 2 amide bonds. The Morgan fingerprint density at radius 1 is 1.28 bits per heavy atom. The van der Waals surface area contributed by atoms with E-state index in [0.717, 1.165) is 12.2 Å². The Hall–Kier alpha value is -1.96. The van der Waals surface area contributed by atoms with Gasteiger partial charge in [-0.1, -0.05) is 29.3 Å². The lowest BCUT2D eigenvalue weighted by atomic mass is 10.2.